The molecule has 1 aliphatic heterocycles. The van der Waals surface area contributed by atoms with Gasteiger partial charge in [-0.15, -0.1) is 5.10 Å². The van der Waals surface area contributed by atoms with Crippen LogP contribution in [0.2, 0.25) is 0 Å². The van der Waals surface area contributed by atoms with Crippen LogP contribution < -0.4 is 14.8 Å². The fourth-order valence-electron chi connectivity index (χ4n) is 4.96. The zero-order valence-corrected chi connectivity index (χ0v) is 25.3. The van der Waals surface area contributed by atoms with Crippen LogP contribution in [0, 0.1) is 5.82 Å². The summed E-state index contributed by atoms with van der Waals surface area (Å²) in [7, 11) is 1.62. The van der Waals surface area contributed by atoms with Crippen LogP contribution in [-0.4, -0.2) is 76.4 Å². The quantitative estimate of drug-likeness (QED) is 0.181. The minimum atomic E-state index is -0.297. The lowest BCUT2D eigenvalue weighted by molar-refractivity contribution is 0.0357. The van der Waals surface area contributed by atoms with Crippen LogP contribution in [0.1, 0.15) is 12.0 Å². The molecule has 0 atom stereocenters. The summed E-state index contributed by atoms with van der Waals surface area (Å²) in [6.45, 7) is 5.28. The first-order valence-corrected chi connectivity index (χ1v) is 14.8. The van der Waals surface area contributed by atoms with Gasteiger partial charge in [-0.3, -0.25) is 4.90 Å². The number of hydrogen-bond acceptors (Lipinski definition) is 9. The van der Waals surface area contributed by atoms with E-state index in [9.17, 15) is 4.39 Å². The van der Waals surface area contributed by atoms with Crippen molar-refractivity contribution in [1.82, 2.24) is 29.9 Å². The Morgan fingerprint density at radius 3 is 2.77 bits per heavy atom. The van der Waals surface area contributed by atoms with E-state index >= 15 is 0 Å². The van der Waals surface area contributed by atoms with E-state index in [0.29, 0.717) is 39.7 Å². The van der Waals surface area contributed by atoms with Crippen molar-refractivity contribution < 1.29 is 18.6 Å². The van der Waals surface area contributed by atoms with E-state index in [1.54, 1.807) is 30.1 Å². The molecule has 0 spiro atoms. The van der Waals surface area contributed by atoms with Crippen LogP contribution in [0.3, 0.4) is 0 Å². The Kier molecular flexibility index (Phi) is 9.06. The molecular formula is C31H31BrFN7O3. The van der Waals surface area contributed by atoms with Gasteiger partial charge in [0.15, 0.2) is 11.5 Å². The van der Waals surface area contributed by atoms with E-state index in [1.807, 2.05) is 36.4 Å². The topological polar surface area (TPSA) is 99.5 Å². The van der Waals surface area contributed by atoms with E-state index < -0.39 is 0 Å². The maximum absolute atomic E-state index is 14.3. The third-order valence-corrected chi connectivity index (χ3v) is 7.70. The smallest absolute Gasteiger partial charge is 0.162 e. The molecule has 0 aliphatic carbocycles. The van der Waals surface area contributed by atoms with Gasteiger partial charge in [-0.05, 0) is 36.8 Å². The molecule has 5 aromatic rings. The molecule has 0 amide bonds. The maximum atomic E-state index is 14.3. The summed E-state index contributed by atoms with van der Waals surface area (Å²) in [5, 5.41) is 12.7. The van der Waals surface area contributed by atoms with Gasteiger partial charge >= 0.3 is 0 Å². The van der Waals surface area contributed by atoms with Crippen molar-refractivity contribution in [3.05, 3.63) is 83.0 Å². The van der Waals surface area contributed by atoms with Gasteiger partial charge in [0, 0.05) is 52.4 Å². The minimum Gasteiger partial charge on any atom is -0.493 e. The van der Waals surface area contributed by atoms with Crippen molar-refractivity contribution in [3.63, 3.8) is 0 Å². The predicted molar refractivity (Wildman–Crippen MR) is 165 cm³/mol. The lowest BCUT2D eigenvalue weighted by atomic mass is 10.1. The highest BCUT2D eigenvalue weighted by Gasteiger charge is 2.14. The molecule has 10 nitrogen and oxygen atoms in total. The van der Waals surface area contributed by atoms with E-state index in [2.05, 4.69) is 46.4 Å². The highest BCUT2D eigenvalue weighted by Crippen LogP contribution is 2.35. The monoisotopic (exact) mass is 647 g/mol. The first-order valence-electron chi connectivity index (χ1n) is 14.0. The summed E-state index contributed by atoms with van der Waals surface area (Å²) in [5.74, 6) is 1.60. The lowest BCUT2D eigenvalue weighted by Crippen LogP contribution is -2.37. The first kappa shape index (κ1) is 29.0. The van der Waals surface area contributed by atoms with Gasteiger partial charge in [0.1, 0.15) is 23.7 Å². The largest absolute Gasteiger partial charge is 0.493 e. The molecule has 3 heterocycles. The number of nitrogens with zero attached hydrogens (tertiary/aromatic N) is 6. The normalized spacial score (nSPS) is 13.7. The maximum Gasteiger partial charge on any atom is 0.162 e. The molecule has 1 saturated heterocycles. The Morgan fingerprint density at radius 1 is 1.05 bits per heavy atom. The average Bonchev–Trinajstić information content (AvgIpc) is 3.50. The van der Waals surface area contributed by atoms with Gasteiger partial charge in [0.25, 0.3) is 0 Å². The second kappa shape index (κ2) is 13.4. The van der Waals surface area contributed by atoms with Crippen molar-refractivity contribution in [2.75, 3.05) is 51.9 Å². The van der Waals surface area contributed by atoms with Crippen molar-refractivity contribution in [2.45, 2.75) is 13.0 Å². The summed E-state index contributed by atoms with van der Waals surface area (Å²) in [6, 6.07) is 16.6. The van der Waals surface area contributed by atoms with Crippen LogP contribution in [0.25, 0.3) is 22.2 Å². The highest BCUT2D eigenvalue weighted by atomic mass is 79.9. The van der Waals surface area contributed by atoms with E-state index in [1.165, 1.54) is 12.4 Å². The third kappa shape index (κ3) is 7.10. The Labute approximate surface area is 256 Å². The lowest BCUT2D eigenvalue weighted by Gasteiger charge is -2.26. The summed E-state index contributed by atoms with van der Waals surface area (Å²) in [4.78, 5) is 11.4. The van der Waals surface area contributed by atoms with Crippen molar-refractivity contribution in [1.29, 1.82) is 0 Å². The number of halogens is 2. The Bertz CT molecular complexity index is 1710. The zero-order valence-electron chi connectivity index (χ0n) is 23.7. The number of rotatable bonds is 11. The number of fused-ring (bicyclic) bond motifs is 1. The number of methoxy groups -OCH3 is 1. The molecular weight excluding hydrogens is 617 g/mol. The zero-order chi connectivity index (χ0) is 29.6. The molecule has 0 unspecified atom stereocenters. The first-order chi connectivity index (χ1) is 21.1. The molecule has 1 aliphatic rings. The van der Waals surface area contributed by atoms with Gasteiger partial charge < -0.3 is 19.5 Å². The van der Waals surface area contributed by atoms with E-state index in [-0.39, 0.29) is 12.4 Å². The molecule has 2 aromatic heterocycles. The van der Waals surface area contributed by atoms with E-state index in [4.69, 9.17) is 14.2 Å². The van der Waals surface area contributed by atoms with Gasteiger partial charge in [-0.1, -0.05) is 39.3 Å². The second-order valence-electron chi connectivity index (χ2n) is 10.1. The summed E-state index contributed by atoms with van der Waals surface area (Å²) in [5.41, 5.74) is 3.61. The van der Waals surface area contributed by atoms with Crippen molar-refractivity contribution >= 4 is 38.3 Å². The van der Waals surface area contributed by atoms with Gasteiger partial charge in [-0.25, -0.2) is 19.0 Å². The number of aromatic nitrogens is 5. The summed E-state index contributed by atoms with van der Waals surface area (Å²) < 4.78 is 33.8. The van der Waals surface area contributed by atoms with Crippen molar-refractivity contribution in [2.24, 2.45) is 0 Å². The van der Waals surface area contributed by atoms with Crippen molar-refractivity contribution in [3.8, 4) is 22.8 Å². The molecule has 3 aromatic carbocycles. The van der Waals surface area contributed by atoms with Crippen LogP contribution in [-0.2, 0) is 11.3 Å². The minimum absolute atomic E-state index is 0.276. The molecule has 222 valence electrons. The second-order valence-corrected chi connectivity index (χ2v) is 11.1. The number of morpholine rings is 1. The van der Waals surface area contributed by atoms with Crippen LogP contribution in [0.15, 0.2) is 71.6 Å². The third-order valence-electron chi connectivity index (χ3n) is 7.21. The predicted octanol–water partition coefficient (Wildman–Crippen LogP) is 5.69. The molecule has 12 heteroatoms. The molecule has 0 saturated carbocycles. The number of hydrogen-bond donors (Lipinski definition) is 1. The highest BCUT2D eigenvalue weighted by molar-refractivity contribution is 9.10. The number of ether oxygens (including phenoxy) is 3. The summed E-state index contributed by atoms with van der Waals surface area (Å²) in [6.07, 6.45) is 4.21. The number of anilines is 2. The molecule has 43 heavy (non-hydrogen) atoms. The molecule has 1 fully saturated rings. The Hall–Kier alpha value is -4.13. The van der Waals surface area contributed by atoms with Crippen LogP contribution in [0.5, 0.6) is 11.5 Å². The van der Waals surface area contributed by atoms with E-state index in [0.717, 1.165) is 61.4 Å². The fraction of sp³-hybridized carbons (Fsp3) is 0.290. The van der Waals surface area contributed by atoms with Gasteiger partial charge in [-0.2, -0.15) is 0 Å². The van der Waals surface area contributed by atoms with Gasteiger partial charge in [0.05, 0.1) is 45.2 Å². The number of nitrogens with one attached hydrogen (secondary N) is 1. The Balaban J connectivity index is 1.17. The number of benzene rings is 3. The SMILES string of the molecule is COc1cc2ncnc(Nc3cccc(-c4cn(Cc5ccc(Br)cc5F)nn4)c3)c2cc1OCCCN1CCOCC1. The van der Waals surface area contributed by atoms with Gasteiger partial charge in [0.2, 0.25) is 0 Å². The summed E-state index contributed by atoms with van der Waals surface area (Å²) >= 11 is 3.29. The standard InChI is InChI=1S/C31H31BrFN7O3/c1-41-29-17-27-25(16-30(29)43-11-3-8-39-9-12-42-13-10-39)31(35-20-34-27)36-24-5-2-4-21(14-24)28-19-40(38-37-28)18-22-6-7-23(32)15-26(22)33/h2,4-7,14-17,19-20H,3,8-13,18H2,1H3,(H,34,35,36). The fourth-order valence-corrected chi connectivity index (χ4v) is 5.29. The van der Waals surface area contributed by atoms with Crippen LogP contribution in [0.4, 0.5) is 15.9 Å². The molecule has 0 radical (unpaired) electrons. The average molecular weight is 649 g/mol. The van der Waals surface area contributed by atoms with Crippen LogP contribution >= 0.6 is 15.9 Å². The molecule has 0 bridgehead atoms. The Morgan fingerprint density at radius 2 is 1.93 bits per heavy atom. The molecule has 1 N–H and O–H groups in total. The molecule has 6 rings (SSSR count).